The van der Waals surface area contributed by atoms with Gasteiger partial charge in [-0.05, 0) is 72.7 Å². The Morgan fingerprint density at radius 3 is 2.71 bits per heavy atom. The molecule has 0 spiro atoms. The molecule has 0 fully saturated rings. The van der Waals surface area contributed by atoms with Crippen LogP contribution in [-0.4, -0.2) is 16.7 Å². The summed E-state index contributed by atoms with van der Waals surface area (Å²) < 4.78 is 11.9. The molecule has 0 aliphatic heterocycles. The Morgan fingerprint density at radius 2 is 1.96 bits per heavy atom. The number of aryl methyl sites for hydroxylation is 2. The van der Waals surface area contributed by atoms with E-state index in [-0.39, 0.29) is 5.75 Å². The average molecular weight is 377 g/mol. The fraction of sp³-hybridized carbons (Fsp3) is 0.375. The molecule has 1 atom stereocenters. The molecule has 1 aliphatic carbocycles. The molecule has 0 radical (unpaired) electrons. The summed E-state index contributed by atoms with van der Waals surface area (Å²) in [5.41, 5.74) is 4.74. The number of ether oxygens (including phenoxy) is 1. The summed E-state index contributed by atoms with van der Waals surface area (Å²) in [6.45, 7) is 4.90. The Hall–Kier alpha value is -2.75. The molecule has 1 unspecified atom stereocenters. The van der Waals surface area contributed by atoms with Crippen molar-refractivity contribution >= 4 is 0 Å². The average Bonchev–Trinajstić information content (AvgIpc) is 3.32. The summed E-state index contributed by atoms with van der Waals surface area (Å²) in [6, 6.07) is 13.5. The first kappa shape index (κ1) is 18.6. The van der Waals surface area contributed by atoms with Crippen LogP contribution >= 0.6 is 0 Å². The molecule has 4 rings (SSSR count). The minimum Gasteiger partial charge on any atom is -0.508 e. The Morgan fingerprint density at radius 1 is 1.14 bits per heavy atom. The molecule has 0 saturated carbocycles. The van der Waals surface area contributed by atoms with E-state index in [0.717, 1.165) is 35.6 Å². The highest BCUT2D eigenvalue weighted by Crippen LogP contribution is 2.37. The highest BCUT2D eigenvalue weighted by molar-refractivity contribution is 5.55. The number of hydrogen-bond acceptors (Lipinski definition) is 4. The molecule has 28 heavy (non-hydrogen) atoms. The van der Waals surface area contributed by atoms with Crippen LogP contribution in [0.1, 0.15) is 55.2 Å². The summed E-state index contributed by atoms with van der Waals surface area (Å²) in [4.78, 5) is 4.66. The lowest BCUT2D eigenvalue weighted by Crippen LogP contribution is -2.04. The molecule has 1 aliphatic rings. The van der Waals surface area contributed by atoms with Gasteiger partial charge in [0.25, 0.3) is 0 Å². The smallest absolute Gasteiger partial charge is 0.226 e. The summed E-state index contributed by atoms with van der Waals surface area (Å²) in [5, 5.41) is 9.45. The number of benzene rings is 2. The largest absolute Gasteiger partial charge is 0.508 e. The van der Waals surface area contributed by atoms with Gasteiger partial charge in [0.15, 0.2) is 0 Å². The van der Waals surface area contributed by atoms with Crippen molar-refractivity contribution in [2.45, 2.75) is 51.9 Å². The molecule has 2 aromatic carbocycles. The normalized spacial score (nSPS) is 15.6. The number of aromatic nitrogens is 1. The maximum absolute atomic E-state index is 9.45. The molecule has 0 amide bonds. The van der Waals surface area contributed by atoms with Gasteiger partial charge in [0.1, 0.15) is 17.3 Å². The molecule has 1 heterocycles. The van der Waals surface area contributed by atoms with Gasteiger partial charge in [0.2, 0.25) is 5.89 Å². The third-order valence-electron chi connectivity index (χ3n) is 5.63. The highest BCUT2D eigenvalue weighted by atomic mass is 16.5. The first-order valence-electron chi connectivity index (χ1n) is 10.2. The third kappa shape index (κ3) is 3.77. The van der Waals surface area contributed by atoms with Crippen molar-refractivity contribution in [1.82, 2.24) is 4.98 Å². The van der Waals surface area contributed by atoms with Crippen LogP contribution in [0.4, 0.5) is 0 Å². The number of rotatable bonds is 7. The van der Waals surface area contributed by atoms with E-state index in [1.807, 2.05) is 12.1 Å². The summed E-state index contributed by atoms with van der Waals surface area (Å²) in [5.74, 6) is 3.38. The molecule has 4 heteroatoms. The Labute approximate surface area is 166 Å². The maximum Gasteiger partial charge on any atom is 0.226 e. The predicted molar refractivity (Wildman–Crippen MR) is 110 cm³/mol. The van der Waals surface area contributed by atoms with E-state index in [9.17, 15) is 5.11 Å². The van der Waals surface area contributed by atoms with Gasteiger partial charge in [-0.15, -0.1) is 0 Å². The molecule has 3 aromatic rings. The SMILES string of the molecule is CCc1oc(-c2ccc(O)cc2)nc1CCOc1ccc2c(c1)CCC2CC. The number of aromatic hydroxyl groups is 1. The van der Waals surface area contributed by atoms with Gasteiger partial charge in [0.05, 0.1) is 12.3 Å². The van der Waals surface area contributed by atoms with Crippen LogP contribution in [-0.2, 0) is 19.3 Å². The molecule has 1 N–H and O–H groups in total. The van der Waals surface area contributed by atoms with Gasteiger partial charge in [0, 0.05) is 18.4 Å². The number of phenols is 1. The number of fused-ring (bicyclic) bond motifs is 1. The van der Waals surface area contributed by atoms with Crippen molar-refractivity contribution in [3.8, 4) is 23.0 Å². The van der Waals surface area contributed by atoms with Gasteiger partial charge >= 0.3 is 0 Å². The number of oxazole rings is 1. The van der Waals surface area contributed by atoms with Crippen LogP contribution in [0.25, 0.3) is 11.5 Å². The lowest BCUT2D eigenvalue weighted by Gasteiger charge is -2.10. The number of nitrogens with zero attached hydrogens (tertiary/aromatic N) is 1. The standard InChI is InChI=1S/C24H27NO3/c1-3-16-5-6-18-15-20(11-12-21(16)18)27-14-13-22-23(4-2)28-24(25-22)17-7-9-19(26)10-8-17/h7-12,15-16,26H,3-6,13-14H2,1-2H3. The first-order valence-corrected chi connectivity index (χ1v) is 10.2. The monoisotopic (exact) mass is 377 g/mol. The van der Waals surface area contributed by atoms with Gasteiger partial charge in [-0.2, -0.15) is 0 Å². The van der Waals surface area contributed by atoms with Crippen molar-refractivity contribution in [3.05, 3.63) is 65.0 Å². The summed E-state index contributed by atoms with van der Waals surface area (Å²) in [6.07, 6.45) is 5.12. The molecular weight excluding hydrogens is 350 g/mol. The second kappa shape index (κ2) is 8.09. The zero-order valence-corrected chi connectivity index (χ0v) is 16.6. The van der Waals surface area contributed by atoms with E-state index in [2.05, 4.69) is 37.0 Å². The zero-order chi connectivity index (χ0) is 19.5. The minimum absolute atomic E-state index is 0.235. The predicted octanol–water partition coefficient (Wildman–Crippen LogP) is 5.67. The van der Waals surface area contributed by atoms with Crippen molar-refractivity contribution in [1.29, 1.82) is 0 Å². The van der Waals surface area contributed by atoms with Crippen molar-refractivity contribution < 1.29 is 14.3 Å². The third-order valence-corrected chi connectivity index (χ3v) is 5.63. The van der Waals surface area contributed by atoms with Crippen molar-refractivity contribution in [3.63, 3.8) is 0 Å². The summed E-state index contributed by atoms with van der Waals surface area (Å²) >= 11 is 0. The quantitative estimate of drug-likeness (QED) is 0.576. The van der Waals surface area contributed by atoms with E-state index in [0.29, 0.717) is 24.8 Å². The summed E-state index contributed by atoms with van der Waals surface area (Å²) in [7, 11) is 0. The second-order valence-electron chi connectivity index (χ2n) is 7.39. The van der Waals surface area contributed by atoms with Crippen LogP contribution in [0.3, 0.4) is 0 Å². The fourth-order valence-corrected chi connectivity index (χ4v) is 4.04. The number of phenolic OH excluding ortho intramolecular Hbond substituents is 1. The van der Waals surface area contributed by atoms with Gasteiger partial charge in [-0.3, -0.25) is 0 Å². The van der Waals surface area contributed by atoms with Crippen molar-refractivity contribution in [2.24, 2.45) is 0 Å². The van der Waals surface area contributed by atoms with E-state index in [4.69, 9.17) is 9.15 Å². The first-order chi connectivity index (χ1) is 13.7. The van der Waals surface area contributed by atoms with Gasteiger partial charge in [-0.25, -0.2) is 4.98 Å². The van der Waals surface area contributed by atoms with Crippen molar-refractivity contribution in [2.75, 3.05) is 6.61 Å². The highest BCUT2D eigenvalue weighted by Gasteiger charge is 2.21. The van der Waals surface area contributed by atoms with Crippen LogP contribution < -0.4 is 4.74 Å². The number of hydrogen-bond donors (Lipinski definition) is 1. The van der Waals surface area contributed by atoms with E-state index >= 15 is 0 Å². The topological polar surface area (TPSA) is 55.5 Å². The molecule has 1 aromatic heterocycles. The molecule has 0 bridgehead atoms. The Kier molecular flexibility index (Phi) is 5.38. The van der Waals surface area contributed by atoms with E-state index < -0.39 is 0 Å². The fourth-order valence-electron chi connectivity index (χ4n) is 4.04. The minimum atomic E-state index is 0.235. The molecular formula is C24H27NO3. The van der Waals surface area contributed by atoms with Crippen LogP contribution in [0, 0.1) is 0 Å². The van der Waals surface area contributed by atoms with E-state index in [1.165, 1.54) is 24.0 Å². The Bertz CT molecular complexity index is 943. The molecule has 4 nitrogen and oxygen atoms in total. The zero-order valence-electron chi connectivity index (χ0n) is 16.6. The molecule has 146 valence electrons. The van der Waals surface area contributed by atoms with Gasteiger partial charge in [-0.1, -0.05) is 19.9 Å². The van der Waals surface area contributed by atoms with Crippen LogP contribution in [0.2, 0.25) is 0 Å². The molecule has 0 saturated heterocycles. The maximum atomic E-state index is 9.45. The van der Waals surface area contributed by atoms with Crippen LogP contribution in [0.5, 0.6) is 11.5 Å². The van der Waals surface area contributed by atoms with Crippen LogP contribution in [0.15, 0.2) is 46.9 Å². The second-order valence-corrected chi connectivity index (χ2v) is 7.39. The van der Waals surface area contributed by atoms with E-state index in [1.54, 1.807) is 12.1 Å². The lowest BCUT2D eigenvalue weighted by atomic mass is 9.99. The lowest BCUT2D eigenvalue weighted by molar-refractivity contribution is 0.319. The Balaban J connectivity index is 1.42. The van der Waals surface area contributed by atoms with Gasteiger partial charge < -0.3 is 14.3 Å².